The Balaban J connectivity index is 2.19. The van der Waals surface area contributed by atoms with Crippen LogP contribution in [0, 0.1) is 0 Å². The summed E-state index contributed by atoms with van der Waals surface area (Å²) in [6.07, 6.45) is 0.964. The molecule has 0 aromatic carbocycles. The fourth-order valence-corrected chi connectivity index (χ4v) is 3.69. The second kappa shape index (κ2) is 7.20. The van der Waals surface area contributed by atoms with E-state index >= 15 is 0 Å². The van der Waals surface area contributed by atoms with E-state index < -0.39 is 0 Å². The molecule has 1 aromatic rings. The number of hydrogen-bond acceptors (Lipinski definition) is 3. The highest BCUT2D eigenvalue weighted by atomic mass is 79.9. The Labute approximate surface area is 131 Å². The lowest BCUT2D eigenvalue weighted by Crippen LogP contribution is -2.46. The molecular weight excluding hydrogens is 374 g/mol. The molecule has 0 N–H and O–H groups in total. The Kier molecular flexibility index (Phi) is 5.87. The van der Waals surface area contributed by atoms with E-state index in [1.165, 1.54) is 10.2 Å². The monoisotopic (exact) mass is 393 g/mol. The third-order valence-corrected chi connectivity index (χ3v) is 5.24. The highest BCUT2D eigenvalue weighted by Gasteiger charge is 2.25. The third-order valence-electron chi connectivity index (χ3n) is 3.57. The lowest BCUT2D eigenvalue weighted by molar-refractivity contribution is -0.00332. The molecule has 1 aliphatic heterocycles. The third kappa shape index (κ3) is 3.40. The summed E-state index contributed by atoms with van der Waals surface area (Å²) in [6.45, 7) is 8.75. The second-order valence-electron chi connectivity index (χ2n) is 4.73. The molecule has 2 heterocycles. The van der Waals surface area contributed by atoms with Crippen LogP contribution in [0.15, 0.2) is 4.47 Å². The summed E-state index contributed by atoms with van der Waals surface area (Å²) in [5.41, 5.74) is 2.44. The summed E-state index contributed by atoms with van der Waals surface area (Å²) in [5.74, 6) is 0. The molecule has 6 heteroatoms. The number of alkyl halides is 1. The first kappa shape index (κ1) is 15.5. The number of nitrogens with zero attached hydrogens (tertiary/aromatic N) is 3. The van der Waals surface area contributed by atoms with Crippen molar-refractivity contribution in [1.82, 2.24) is 14.7 Å². The molecule has 1 aromatic heterocycles. The summed E-state index contributed by atoms with van der Waals surface area (Å²) in [6, 6.07) is 0.450. The molecule has 108 valence electrons. The molecule has 0 amide bonds. The van der Waals surface area contributed by atoms with Crippen molar-refractivity contribution in [3.63, 3.8) is 0 Å². The Bertz CT molecular complexity index is 422. The number of aromatic nitrogens is 2. The van der Waals surface area contributed by atoms with Crippen molar-refractivity contribution in [3.8, 4) is 0 Å². The van der Waals surface area contributed by atoms with Crippen LogP contribution in [0.4, 0.5) is 0 Å². The van der Waals surface area contributed by atoms with Gasteiger partial charge in [0.1, 0.15) is 0 Å². The normalized spacial score (nSPS) is 20.9. The molecular formula is C13H21Br2N3O. The second-order valence-corrected chi connectivity index (χ2v) is 6.17. The van der Waals surface area contributed by atoms with Gasteiger partial charge in [0, 0.05) is 31.0 Å². The molecule has 0 bridgehead atoms. The smallest absolute Gasteiger partial charge is 0.0767 e. The average Bonchev–Trinajstić information content (AvgIpc) is 2.76. The van der Waals surface area contributed by atoms with Gasteiger partial charge in [-0.2, -0.15) is 5.10 Å². The average molecular weight is 395 g/mol. The minimum atomic E-state index is 0.450. The van der Waals surface area contributed by atoms with Crippen LogP contribution in [0.2, 0.25) is 0 Å². The van der Waals surface area contributed by atoms with Gasteiger partial charge in [-0.1, -0.05) is 22.9 Å². The van der Waals surface area contributed by atoms with Crippen molar-refractivity contribution in [1.29, 1.82) is 0 Å². The first-order valence-electron chi connectivity index (χ1n) is 6.83. The molecule has 1 fully saturated rings. The van der Waals surface area contributed by atoms with Gasteiger partial charge in [0.05, 0.1) is 29.1 Å². The summed E-state index contributed by atoms with van der Waals surface area (Å²) in [4.78, 5) is 2.48. The highest BCUT2D eigenvalue weighted by molar-refractivity contribution is 9.10. The molecule has 0 aliphatic carbocycles. The van der Waals surface area contributed by atoms with Crippen LogP contribution in [0.1, 0.15) is 25.2 Å². The maximum atomic E-state index is 5.55. The molecule has 0 radical (unpaired) electrons. The molecule has 0 spiro atoms. The molecule has 1 saturated heterocycles. The van der Waals surface area contributed by atoms with Crippen LogP contribution in [0.25, 0.3) is 0 Å². The largest absolute Gasteiger partial charge is 0.378 e. The van der Waals surface area contributed by atoms with Crippen LogP contribution >= 0.6 is 31.9 Å². The number of morpholine rings is 1. The Morgan fingerprint density at radius 3 is 2.84 bits per heavy atom. The number of rotatable bonds is 5. The van der Waals surface area contributed by atoms with Gasteiger partial charge in [-0.15, -0.1) is 0 Å². The van der Waals surface area contributed by atoms with Gasteiger partial charge in [-0.3, -0.25) is 9.58 Å². The van der Waals surface area contributed by atoms with Gasteiger partial charge in [-0.05, 0) is 29.3 Å². The first-order chi connectivity index (χ1) is 9.21. The lowest BCUT2D eigenvalue weighted by Gasteiger charge is -2.34. The van der Waals surface area contributed by atoms with Crippen molar-refractivity contribution in [2.75, 3.05) is 25.1 Å². The van der Waals surface area contributed by atoms with E-state index in [1.807, 2.05) is 0 Å². The van der Waals surface area contributed by atoms with E-state index in [4.69, 9.17) is 4.74 Å². The predicted molar refractivity (Wildman–Crippen MR) is 83.8 cm³/mol. The summed E-state index contributed by atoms with van der Waals surface area (Å²) < 4.78 is 8.84. The van der Waals surface area contributed by atoms with Crippen LogP contribution in [-0.2, 0) is 24.2 Å². The molecule has 0 saturated carbocycles. The van der Waals surface area contributed by atoms with Crippen molar-refractivity contribution in [2.45, 2.75) is 39.4 Å². The molecule has 1 atom stereocenters. The molecule has 19 heavy (non-hydrogen) atoms. The number of halogens is 2. The van der Waals surface area contributed by atoms with Crippen molar-refractivity contribution in [2.24, 2.45) is 0 Å². The number of ether oxygens (including phenoxy) is 1. The van der Waals surface area contributed by atoms with Crippen molar-refractivity contribution < 1.29 is 4.74 Å². The zero-order chi connectivity index (χ0) is 13.8. The maximum absolute atomic E-state index is 5.55. The fraction of sp³-hybridized carbons (Fsp3) is 0.769. The maximum Gasteiger partial charge on any atom is 0.0767 e. The van der Waals surface area contributed by atoms with Gasteiger partial charge >= 0.3 is 0 Å². The van der Waals surface area contributed by atoms with E-state index in [9.17, 15) is 0 Å². The quantitative estimate of drug-likeness (QED) is 0.719. The van der Waals surface area contributed by atoms with Crippen LogP contribution < -0.4 is 0 Å². The minimum Gasteiger partial charge on any atom is -0.378 e. The highest BCUT2D eigenvalue weighted by Crippen LogP contribution is 2.25. The Morgan fingerprint density at radius 1 is 1.42 bits per heavy atom. The van der Waals surface area contributed by atoms with E-state index in [1.54, 1.807) is 0 Å². The lowest BCUT2D eigenvalue weighted by atomic mass is 10.2. The SMILES string of the molecule is CCc1nn(CC)c(CN2CCOCC2CBr)c1Br. The summed E-state index contributed by atoms with van der Waals surface area (Å²) in [7, 11) is 0. The molecule has 2 rings (SSSR count). The van der Waals surface area contributed by atoms with Crippen molar-refractivity contribution >= 4 is 31.9 Å². The van der Waals surface area contributed by atoms with E-state index in [0.29, 0.717) is 6.04 Å². The van der Waals surface area contributed by atoms with E-state index in [-0.39, 0.29) is 0 Å². The predicted octanol–water partition coefficient (Wildman–Crippen LogP) is 2.82. The fourth-order valence-electron chi connectivity index (χ4n) is 2.40. The van der Waals surface area contributed by atoms with Crippen LogP contribution in [0.5, 0.6) is 0 Å². The minimum absolute atomic E-state index is 0.450. The van der Waals surface area contributed by atoms with E-state index in [0.717, 1.165) is 50.3 Å². The molecule has 4 nitrogen and oxygen atoms in total. The Hall–Kier alpha value is 0.0900. The topological polar surface area (TPSA) is 30.3 Å². The zero-order valence-electron chi connectivity index (χ0n) is 11.5. The van der Waals surface area contributed by atoms with Crippen LogP contribution in [0.3, 0.4) is 0 Å². The van der Waals surface area contributed by atoms with Gasteiger partial charge in [-0.25, -0.2) is 0 Å². The van der Waals surface area contributed by atoms with Gasteiger partial charge in [0.15, 0.2) is 0 Å². The standard InChI is InChI=1S/C13H21Br2N3O/c1-3-11-13(15)12(18(4-2)16-11)8-17-5-6-19-9-10(17)7-14/h10H,3-9H2,1-2H3. The molecule has 1 unspecified atom stereocenters. The summed E-state index contributed by atoms with van der Waals surface area (Å²) >= 11 is 7.30. The Morgan fingerprint density at radius 2 is 2.21 bits per heavy atom. The van der Waals surface area contributed by atoms with Crippen molar-refractivity contribution in [3.05, 3.63) is 15.9 Å². The number of hydrogen-bond donors (Lipinski definition) is 0. The van der Waals surface area contributed by atoms with Crippen LogP contribution in [-0.4, -0.2) is 45.8 Å². The number of aryl methyl sites for hydroxylation is 2. The van der Waals surface area contributed by atoms with Gasteiger partial charge in [0.25, 0.3) is 0 Å². The van der Waals surface area contributed by atoms with Gasteiger partial charge < -0.3 is 4.74 Å². The van der Waals surface area contributed by atoms with E-state index in [2.05, 4.69) is 60.4 Å². The molecule has 1 aliphatic rings. The summed E-state index contributed by atoms with van der Waals surface area (Å²) in [5, 5.41) is 5.61. The first-order valence-corrected chi connectivity index (χ1v) is 8.74. The zero-order valence-corrected chi connectivity index (χ0v) is 14.7. The van der Waals surface area contributed by atoms with Gasteiger partial charge in [0.2, 0.25) is 0 Å².